The number of rotatable bonds is 3. The second kappa shape index (κ2) is 5.73. The smallest absolute Gasteiger partial charge is 0.320 e. The minimum Gasteiger partial charge on any atom is -0.375 e. The Bertz CT molecular complexity index is 616. The van der Waals surface area contributed by atoms with E-state index in [2.05, 4.69) is 35.5 Å². The first-order valence-electron chi connectivity index (χ1n) is 9.11. The molecule has 24 heavy (non-hydrogen) atoms. The van der Waals surface area contributed by atoms with E-state index in [0.717, 1.165) is 25.9 Å². The number of nitrogens with one attached hydrogen (secondary N) is 2. The number of aromatic nitrogens is 1. The molecule has 0 bridgehead atoms. The molecule has 1 saturated heterocycles. The third-order valence-electron chi connectivity index (χ3n) is 5.87. The lowest BCUT2D eigenvalue weighted by molar-refractivity contribution is 0.0190. The quantitative estimate of drug-likeness (QED) is 0.886. The number of pyridine rings is 1. The van der Waals surface area contributed by atoms with Crippen LogP contribution in [0.2, 0.25) is 0 Å². The topological polar surface area (TPSA) is 63.2 Å². The van der Waals surface area contributed by atoms with Crippen LogP contribution in [-0.2, 0) is 4.74 Å². The molecule has 2 N–H and O–H groups in total. The summed E-state index contributed by atoms with van der Waals surface area (Å²) < 4.78 is 5.85. The summed E-state index contributed by atoms with van der Waals surface area (Å²) in [6.07, 6.45) is 8.85. The molecule has 0 unspecified atom stereocenters. The van der Waals surface area contributed by atoms with Crippen molar-refractivity contribution < 1.29 is 9.53 Å². The summed E-state index contributed by atoms with van der Waals surface area (Å²) in [7, 11) is 0. The van der Waals surface area contributed by atoms with E-state index >= 15 is 0 Å². The fraction of sp³-hybridized carbons (Fsp3) is 0.684. The molecule has 0 aromatic carbocycles. The van der Waals surface area contributed by atoms with Crippen molar-refractivity contribution in [1.29, 1.82) is 0 Å². The van der Waals surface area contributed by atoms with Crippen LogP contribution in [-0.4, -0.2) is 29.3 Å². The minimum absolute atomic E-state index is 0.0146. The van der Waals surface area contributed by atoms with Crippen molar-refractivity contribution in [3.8, 4) is 0 Å². The van der Waals surface area contributed by atoms with E-state index in [0.29, 0.717) is 11.7 Å². The fourth-order valence-corrected chi connectivity index (χ4v) is 4.50. The van der Waals surface area contributed by atoms with Crippen LogP contribution in [0.15, 0.2) is 18.3 Å². The number of amides is 2. The van der Waals surface area contributed by atoms with Crippen molar-refractivity contribution in [2.75, 3.05) is 11.9 Å². The van der Waals surface area contributed by atoms with Crippen LogP contribution in [0.1, 0.15) is 63.9 Å². The summed E-state index contributed by atoms with van der Waals surface area (Å²) in [5.41, 5.74) is 1.56. The Morgan fingerprint density at radius 2 is 2.08 bits per heavy atom. The molecule has 3 fully saturated rings. The van der Waals surface area contributed by atoms with Crippen molar-refractivity contribution >= 4 is 11.8 Å². The molecule has 1 aromatic heterocycles. The van der Waals surface area contributed by atoms with Crippen LogP contribution in [0.25, 0.3) is 0 Å². The van der Waals surface area contributed by atoms with Crippen molar-refractivity contribution in [2.45, 2.75) is 69.9 Å². The second-order valence-electron chi connectivity index (χ2n) is 8.53. The molecule has 2 aliphatic carbocycles. The first-order valence-corrected chi connectivity index (χ1v) is 9.11. The number of hydrogen-bond acceptors (Lipinski definition) is 3. The van der Waals surface area contributed by atoms with E-state index in [9.17, 15) is 4.79 Å². The molecule has 0 atom stereocenters. The first kappa shape index (κ1) is 15.9. The highest BCUT2D eigenvalue weighted by atomic mass is 16.5. The van der Waals surface area contributed by atoms with E-state index in [1.165, 1.54) is 24.8 Å². The van der Waals surface area contributed by atoms with Gasteiger partial charge in [0.15, 0.2) is 0 Å². The van der Waals surface area contributed by atoms with Gasteiger partial charge in [0.1, 0.15) is 5.82 Å². The summed E-state index contributed by atoms with van der Waals surface area (Å²) in [6, 6.07) is 4.08. The summed E-state index contributed by atoms with van der Waals surface area (Å²) in [4.78, 5) is 16.5. The van der Waals surface area contributed by atoms with Gasteiger partial charge in [0.05, 0.1) is 12.2 Å². The summed E-state index contributed by atoms with van der Waals surface area (Å²) in [5.74, 6) is 1.29. The van der Waals surface area contributed by atoms with Gasteiger partial charge >= 0.3 is 6.03 Å². The Hall–Kier alpha value is -1.62. The lowest BCUT2D eigenvalue weighted by Crippen LogP contribution is -2.52. The number of carbonyl (C=O) groups is 1. The van der Waals surface area contributed by atoms with Gasteiger partial charge in [-0.3, -0.25) is 5.32 Å². The molecule has 2 saturated carbocycles. The normalized spacial score (nSPS) is 31.3. The maximum atomic E-state index is 12.1. The molecule has 1 spiro atoms. The average molecular weight is 329 g/mol. The third-order valence-corrected chi connectivity index (χ3v) is 5.87. The molecule has 2 heterocycles. The molecule has 0 radical (unpaired) electrons. The SMILES string of the molecule is CC1(C)CC2(CO1)CC(NC(=O)Nc1ccc(C3CCC3)cn1)C2. The molecule has 5 heteroatoms. The molecule has 2 amide bonds. The summed E-state index contributed by atoms with van der Waals surface area (Å²) >= 11 is 0. The van der Waals surface area contributed by atoms with E-state index in [-0.39, 0.29) is 23.1 Å². The number of hydrogen-bond donors (Lipinski definition) is 2. The van der Waals surface area contributed by atoms with Crippen LogP contribution >= 0.6 is 0 Å². The Morgan fingerprint density at radius 3 is 2.62 bits per heavy atom. The number of carbonyl (C=O) groups excluding carboxylic acids is 1. The highest BCUT2D eigenvalue weighted by Gasteiger charge is 2.52. The number of urea groups is 1. The molecular weight excluding hydrogens is 302 g/mol. The predicted molar refractivity (Wildman–Crippen MR) is 93.1 cm³/mol. The average Bonchev–Trinajstić information content (AvgIpc) is 2.75. The molecule has 3 aliphatic rings. The van der Waals surface area contributed by atoms with Gasteiger partial charge in [0.25, 0.3) is 0 Å². The largest absolute Gasteiger partial charge is 0.375 e. The van der Waals surface area contributed by atoms with E-state index in [4.69, 9.17) is 4.74 Å². The Kier molecular flexibility index (Phi) is 3.79. The summed E-state index contributed by atoms with van der Waals surface area (Å²) in [5, 5.41) is 5.90. The van der Waals surface area contributed by atoms with Gasteiger partial charge in [-0.2, -0.15) is 0 Å². The van der Waals surface area contributed by atoms with Gasteiger partial charge < -0.3 is 10.1 Å². The van der Waals surface area contributed by atoms with E-state index in [1.54, 1.807) is 0 Å². The standard InChI is InChI=1S/C19H27N3O2/c1-18(2)11-19(12-24-18)8-15(9-19)21-17(23)22-16-7-6-14(10-20-16)13-4-3-5-13/h6-7,10,13,15H,3-5,8-9,11-12H2,1-2H3,(H2,20,21,22,23). The predicted octanol–water partition coefficient (Wildman–Crippen LogP) is 3.82. The van der Waals surface area contributed by atoms with Crippen LogP contribution in [0.5, 0.6) is 0 Å². The number of anilines is 1. The van der Waals surface area contributed by atoms with Crippen molar-refractivity contribution in [3.63, 3.8) is 0 Å². The van der Waals surface area contributed by atoms with E-state index in [1.807, 2.05) is 12.3 Å². The minimum atomic E-state index is -0.156. The van der Waals surface area contributed by atoms with Gasteiger partial charge in [0, 0.05) is 17.7 Å². The third kappa shape index (κ3) is 3.14. The zero-order chi connectivity index (χ0) is 16.8. The van der Waals surface area contributed by atoms with Crippen molar-refractivity contribution in [3.05, 3.63) is 23.9 Å². The number of nitrogens with zero attached hydrogens (tertiary/aromatic N) is 1. The summed E-state index contributed by atoms with van der Waals surface area (Å²) in [6.45, 7) is 5.12. The molecule has 1 aliphatic heterocycles. The lowest BCUT2D eigenvalue weighted by atomic mass is 9.63. The molecule has 1 aromatic rings. The molecular formula is C19H27N3O2. The molecule has 130 valence electrons. The highest BCUT2D eigenvalue weighted by molar-refractivity contribution is 5.88. The van der Waals surface area contributed by atoms with Crippen LogP contribution in [0, 0.1) is 5.41 Å². The number of ether oxygens (including phenoxy) is 1. The molecule has 4 rings (SSSR count). The van der Waals surface area contributed by atoms with Gasteiger partial charge in [-0.1, -0.05) is 12.5 Å². The first-order chi connectivity index (χ1) is 11.4. The maximum Gasteiger partial charge on any atom is 0.320 e. The van der Waals surface area contributed by atoms with Crippen molar-refractivity contribution in [1.82, 2.24) is 10.3 Å². The second-order valence-corrected chi connectivity index (χ2v) is 8.53. The highest BCUT2D eigenvalue weighted by Crippen LogP contribution is 2.52. The van der Waals surface area contributed by atoms with E-state index < -0.39 is 0 Å². The zero-order valence-corrected chi connectivity index (χ0v) is 14.6. The van der Waals surface area contributed by atoms with Crippen molar-refractivity contribution in [2.24, 2.45) is 5.41 Å². The maximum absolute atomic E-state index is 12.1. The van der Waals surface area contributed by atoms with Crippen LogP contribution < -0.4 is 10.6 Å². The van der Waals surface area contributed by atoms with Gasteiger partial charge in [-0.25, -0.2) is 9.78 Å². The Labute approximate surface area is 143 Å². The van der Waals surface area contributed by atoms with Crippen LogP contribution in [0.4, 0.5) is 10.6 Å². The van der Waals surface area contributed by atoms with Gasteiger partial charge in [0.2, 0.25) is 0 Å². The van der Waals surface area contributed by atoms with Crippen LogP contribution in [0.3, 0.4) is 0 Å². The van der Waals surface area contributed by atoms with Gasteiger partial charge in [-0.05, 0) is 63.5 Å². The Morgan fingerprint density at radius 1 is 1.29 bits per heavy atom. The monoisotopic (exact) mass is 329 g/mol. The fourth-order valence-electron chi connectivity index (χ4n) is 4.50. The lowest BCUT2D eigenvalue weighted by Gasteiger charge is -2.44. The Balaban J connectivity index is 1.24. The zero-order valence-electron chi connectivity index (χ0n) is 14.6. The van der Waals surface area contributed by atoms with Gasteiger partial charge in [-0.15, -0.1) is 0 Å². The molecule has 5 nitrogen and oxygen atoms in total.